The topological polar surface area (TPSA) is 96.4 Å². The molecule has 1 aromatic heterocycles. The van der Waals surface area contributed by atoms with Crippen molar-refractivity contribution in [2.45, 2.75) is 11.9 Å². The van der Waals surface area contributed by atoms with E-state index >= 15 is 0 Å². The third kappa shape index (κ3) is 3.59. The van der Waals surface area contributed by atoms with Crippen molar-refractivity contribution in [1.82, 2.24) is 4.98 Å². The monoisotopic (exact) mass is 370 g/mol. The summed E-state index contributed by atoms with van der Waals surface area (Å²) in [6.07, 6.45) is 1.00. The van der Waals surface area contributed by atoms with Crippen LogP contribution in [0.3, 0.4) is 0 Å². The van der Waals surface area contributed by atoms with E-state index in [1.807, 2.05) is 6.92 Å². The Morgan fingerprint density at radius 3 is 2.52 bits per heavy atom. The number of carboxylic acid groups (broad SMARTS) is 1. The van der Waals surface area contributed by atoms with Gasteiger partial charge in [-0.05, 0) is 42.8 Å². The number of pyridine rings is 1. The molecular formula is C13H11BrN2O4S. The van der Waals surface area contributed by atoms with Gasteiger partial charge in [-0.1, -0.05) is 15.9 Å². The van der Waals surface area contributed by atoms with Crippen LogP contribution >= 0.6 is 15.9 Å². The Bertz CT molecular complexity index is 788. The van der Waals surface area contributed by atoms with Gasteiger partial charge >= 0.3 is 5.97 Å². The molecule has 0 radical (unpaired) electrons. The number of carbonyl (C=O) groups is 1. The lowest BCUT2D eigenvalue weighted by Gasteiger charge is -2.09. The number of aromatic carboxylic acids is 1. The minimum Gasteiger partial charge on any atom is -0.478 e. The van der Waals surface area contributed by atoms with Crippen LogP contribution in [0.1, 0.15) is 15.9 Å². The maximum Gasteiger partial charge on any atom is 0.337 e. The molecule has 21 heavy (non-hydrogen) atoms. The van der Waals surface area contributed by atoms with Gasteiger partial charge in [0.1, 0.15) is 0 Å². The van der Waals surface area contributed by atoms with Crippen LogP contribution in [0.2, 0.25) is 0 Å². The van der Waals surface area contributed by atoms with Crippen LogP contribution in [-0.2, 0) is 10.0 Å². The fourth-order valence-corrected chi connectivity index (χ4v) is 2.81. The van der Waals surface area contributed by atoms with Gasteiger partial charge < -0.3 is 5.11 Å². The van der Waals surface area contributed by atoms with Gasteiger partial charge in [0.05, 0.1) is 5.56 Å². The number of carboxylic acids is 1. The summed E-state index contributed by atoms with van der Waals surface area (Å²) in [6.45, 7) is 1.84. The van der Waals surface area contributed by atoms with Gasteiger partial charge in [0, 0.05) is 16.4 Å². The van der Waals surface area contributed by atoms with Crippen LogP contribution in [0.15, 0.2) is 46.0 Å². The molecule has 0 fully saturated rings. The Labute approximate surface area is 130 Å². The number of anilines is 1. The summed E-state index contributed by atoms with van der Waals surface area (Å²) in [5, 5.41) is 8.52. The Morgan fingerprint density at radius 1 is 1.29 bits per heavy atom. The molecule has 0 saturated heterocycles. The molecule has 0 aliphatic rings. The first-order valence-electron chi connectivity index (χ1n) is 5.78. The Hall–Kier alpha value is -1.93. The van der Waals surface area contributed by atoms with Crippen LogP contribution in [0.4, 0.5) is 5.69 Å². The first-order chi connectivity index (χ1) is 9.79. The minimum absolute atomic E-state index is 0.0755. The molecule has 0 aliphatic heterocycles. The van der Waals surface area contributed by atoms with Crippen LogP contribution < -0.4 is 4.72 Å². The van der Waals surface area contributed by atoms with Gasteiger partial charge in [0.25, 0.3) is 10.0 Å². The summed E-state index contributed by atoms with van der Waals surface area (Å²) < 4.78 is 27.6. The number of nitrogens with zero attached hydrogens (tertiary/aromatic N) is 1. The van der Waals surface area contributed by atoms with Crippen molar-refractivity contribution >= 4 is 37.6 Å². The van der Waals surface area contributed by atoms with Crippen molar-refractivity contribution in [3.8, 4) is 0 Å². The molecule has 0 atom stereocenters. The molecule has 0 bridgehead atoms. The summed E-state index contributed by atoms with van der Waals surface area (Å²) in [7, 11) is -3.85. The van der Waals surface area contributed by atoms with Crippen molar-refractivity contribution < 1.29 is 18.3 Å². The first kappa shape index (κ1) is 15.5. The van der Waals surface area contributed by atoms with E-state index < -0.39 is 16.0 Å². The zero-order chi connectivity index (χ0) is 15.6. The molecule has 1 aromatic carbocycles. The maximum atomic E-state index is 12.1. The van der Waals surface area contributed by atoms with E-state index in [2.05, 4.69) is 25.6 Å². The Balaban J connectivity index is 2.29. The fraction of sp³-hybridized carbons (Fsp3) is 0.0769. The van der Waals surface area contributed by atoms with Crippen LogP contribution in [0.25, 0.3) is 0 Å². The highest BCUT2D eigenvalue weighted by Crippen LogP contribution is 2.22. The average molecular weight is 371 g/mol. The molecule has 0 spiro atoms. The number of benzene rings is 1. The van der Waals surface area contributed by atoms with Gasteiger partial charge in [-0.3, -0.25) is 4.72 Å². The van der Waals surface area contributed by atoms with Crippen molar-refractivity contribution in [3.63, 3.8) is 0 Å². The van der Waals surface area contributed by atoms with E-state index in [0.29, 0.717) is 5.69 Å². The highest BCUT2D eigenvalue weighted by atomic mass is 79.9. The number of halogens is 1. The third-order valence-electron chi connectivity index (χ3n) is 2.67. The maximum absolute atomic E-state index is 12.1. The first-order valence-corrected chi connectivity index (χ1v) is 8.05. The SMILES string of the molecule is Cc1cc(NS(=O)(=O)c2ccc(C(=O)O)cn2)ccc1Br. The summed E-state index contributed by atoms with van der Waals surface area (Å²) >= 11 is 3.33. The van der Waals surface area contributed by atoms with Crippen LogP contribution in [0.5, 0.6) is 0 Å². The zero-order valence-electron chi connectivity index (χ0n) is 10.9. The smallest absolute Gasteiger partial charge is 0.337 e. The van der Waals surface area contributed by atoms with E-state index in [-0.39, 0.29) is 10.6 Å². The van der Waals surface area contributed by atoms with Gasteiger partial charge in [0.15, 0.2) is 5.03 Å². The molecule has 0 unspecified atom stereocenters. The fourth-order valence-electron chi connectivity index (χ4n) is 1.58. The van der Waals surface area contributed by atoms with E-state index in [1.165, 1.54) is 6.07 Å². The van der Waals surface area contributed by atoms with Crippen LogP contribution in [-0.4, -0.2) is 24.5 Å². The molecule has 0 amide bonds. The van der Waals surface area contributed by atoms with Crippen molar-refractivity contribution in [2.75, 3.05) is 4.72 Å². The lowest BCUT2D eigenvalue weighted by Crippen LogP contribution is -2.15. The Kier molecular flexibility index (Phi) is 4.29. The molecule has 0 saturated carbocycles. The van der Waals surface area contributed by atoms with Gasteiger partial charge in [-0.2, -0.15) is 8.42 Å². The lowest BCUT2D eigenvalue weighted by molar-refractivity contribution is 0.0696. The molecule has 6 nitrogen and oxygen atoms in total. The zero-order valence-corrected chi connectivity index (χ0v) is 13.3. The molecule has 2 rings (SSSR count). The average Bonchev–Trinajstić information content (AvgIpc) is 2.43. The van der Waals surface area contributed by atoms with E-state index in [1.54, 1.807) is 18.2 Å². The number of sulfonamides is 1. The lowest BCUT2D eigenvalue weighted by atomic mass is 10.2. The van der Waals surface area contributed by atoms with Crippen molar-refractivity contribution in [3.05, 3.63) is 52.1 Å². The normalized spacial score (nSPS) is 11.1. The van der Waals surface area contributed by atoms with Crippen molar-refractivity contribution in [1.29, 1.82) is 0 Å². The molecule has 2 N–H and O–H groups in total. The largest absolute Gasteiger partial charge is 0.478 e. The van der Waals surface area contributed by atoms with E-state index in [0.717, 1.165) is 22.3 Å². The van der Waals surface area contributed by atoms with Gasteiger partial charge in [0.2, 0.25) is 0 Å². The molecule has 1 heterocycles. The highest BCUT2D eigenvalue weighted by Gasteiger charge is 2.17. The van der Waals surface area contributed by atoms with E-state index in [4.69, 9.17) is 5.11 Å². The summed E-state index contributed by atoms with van der Waals surface area (Å²) in [6, 6.07) is 7.36. The van der Waals surface area contributed by atoms with E-state index in [9.17, 15) is 13.2 Å². The number of nitrogens with one attached hydrogen (secondary N) is 1. The van der Waals surface area contributed by atoms with Gasteiger partial charge in [-0.25, -0.2) is 9.78 Å². The minimum atomic E-state index is -3.85. The number of hydrogen-bond donors (Lipinski definition) is 2. The second-order valence-corrected chi connectivity index (χ2v) is 6.74. The molecule has 0 aliphatic carbocycles. The summed E-state index contributed by atoms with van der Waals surface area (Å²) in [5.74, 6) is -1.16. The molecular weight excluding hydrogens is 360 g/mol. The standard InChI is InChI=1S/C13H11BrN2O4S/c1-8-6-10(3-4-11(8)14)16-21(19,20)12-5-2-9(7-15-12)13(17)18/h2-7,16H,1H3,(H,17,18). The number of aromatic nitrogens is 1. The van der Waals surface area contributed by atoms with Gasteiger partial charge in [-0.15, -0.1) is 0 Å². The number of hydrogen-bond acceptors (Lipinski definition) is 4. The number of aryl methyl sites for hydroxylation is 1. The third-order valence-corrected chi connectivity index (χ3v) is 4.86. The molecule has 2 aromatic rings. The number of rotatable bonds is 4. The summed E-state index contributed by atoms with van der Waals surface area (Å²) in [4.78, 5) is 14.4. The summed E-state index contributed by atoms with van der Waals surface area (Å²) in [5.41, 5.74) is 1.21. The predicted molar refractivity (Wildman–Crippen MR) is 80.9 cm³/mol. The second kappa shape index (κ2) is 5.82. The van der Waals surface area contributed by atoms with Crippen LogP contribution in [0, 0.1) is 6.92 Å². The molecule has 110 valence electrons. The predicted octanol–water partition coefficient (Wildman–Crippen LogP) is 2.65. The molecule has 8 heteroatoms. The highest BCUT2D eigenvalue weighted by molar-refractivity contribution is 9.10. The quantitative estimate of drug-likeness (QED) is 0.862. The van der Waals surface area contributed by atoms with Crippen molar-refractivity contribution in [2.24, 2.45) is 0 Å². The Morgan fingerprint density at radius 2 is 2.00 bits per heavy atom. The second-order valence-electron chi connectivity index (χ2n) is 4.26.